The highest BCUT2D eigenvalue weighted by Crippen LogP contribution is 2.41. The summed E-state index contributed by atoms with van der Waals surface area (Å²) in [5, 5.41) is 6.32. The first-order chi connectivity index (χ1) is 10.1. The molecule has 3 nitrogen and oxygen atoms in total. The SMILES string of the molecule is CC[C@](C)(NC(=O)c1ccccc1)c1nc(C2CC2)cs1. The Morgan fingerprint density at radius 1 is 1.38 bits per heavy atom. The third-order valence-corrected chi connectivity index (χ3v) is 5.25. The number of aromatic nitrogens is 1. The second-order valence-electron chi connectivity index (χ2n) is 5.86. The van der Waals surface area contributed by atoms with E-state index in [9.17, 15) is 4.79 Å². The molecule has 0 saturated heterocycles. The molecule has 0 unspecified atom stereocenters. The van der Waals surface area contributed by atoms with Crippen molar-refractivity contribution >= 4 is 17.2 Å². The molecule has 0 bridgehead atoms. The minimum atomic E-state index is -0.398. The number of amides is 1. The lowest BCUT2D eigenvalue weighted by Crippen LogP contribution is -2.43. The lowest BCUT2D eigenvalue weighted by atomic mass is 9.99. The van der Waals surface area contributed by atoms with Crippen LogP contribution in [0.25, 0.3) is 0 Å². The molecule has 2 aromatic rings. The second-order valence-corrected chi connectivity index (χ2v) is 6.72. The number of thiazole rings is 1. The lowest BCUT2D eigenvalue weighted by molar-refractivity contribution is 0.0902. The van der Waals surface area contributed by atoms with Crippen LogP contribution < -0.4 is 5.32 Å². The van der Waals surface area contributed by atoms with E-state index in [4.69, 9.17) is 4.98 Å². The third-order valence-electron chi connectivity index (χ3n) is 4.12. The van der Waals surface area contributed by atoms with E-state index in [1.54, 1.807) is 11.3 Å². The fraction of sp³-hybridized carbons (Fsp3) is 0.412. The maximum Gasteiger partial charge on any atom is 0.252 e. The Bertz CT molecular complexity index is 633. The standard InChI is InChI=1S/C17H20N2OS/c1-3-17(2,16-18-14(11-21-16)12-9-10-12)19-15(20)13-7-5-4-6-8-13/h4-8,11-12H,3,9-10H2,1-2H3,(H,19,20)/t17-/m0/s1. The molecule has 1 aliphatic rings. The van der Waals surface area contributed by atoms with Crippen molar-refractivity contribution in [3.63, 3.8) is 0 Å². The smallest absolute Gasteiger partial charge is 0.252 e. The van der Waals surface area contributed by atoms with Gasteiger partial charge >= 0.3 is 0 Å². The molecular formula is C17H20N2OS. The van der Waals surface area contributed by atoms with Crippen LogP contribution >= 0.6 is 11.3 Å². The molecule has 1 atom stereocenters. The highest BCUT2D eigenvalue weighted by molar-refractivity contribution is 7.09. The molecule has 3 rings (SSSR count). The Labute approximate surface area is 129 Å². The van der Waals surface area contributed by atoms with Gasteiger partial charge in [-0.15, -0.1) is 11.3 Å². The molecule has 0 radical (unpaired) electrons. The predicted octanol–water partition coefficient (Wildman–Crippen LogP) is 4.08. The Morgan fingerprint density at radius 3 is 2.71 bits per heavy atom. The van der Waals surface area contributed by atoms with Gasteiger partial charge < -0.3 is 5.32 Å². The van der Waals surface area contributed by atoms with E-state index in [1.165, 1.54) is 18.5 Å². The van der Waals surface area contributed by atoms with E-state index in [2.05, 4.69) is 24.5 Å². The average Bonchev–Trinajstić information content (AvgIpc) is 3.24. The summed E-state index contributed by atoms with van der Waals surface area (Å²) in [4.78, 5) is 17.2. The van der Waals surface area contributed by atoms with Crippen molar-refractivity contribution in [2.45, 2.75) is 44.6 Å². The molecule has 0 aliphatic heterocycles. The third kappa shape index (κ3) is 3.00. The van der Waals surface area contributed by atoms with Gasteiger partial charge in [0.2, 0.25) is 0 Å². The van der Waals surface area contributed by atoms with Crippen molar-refractivity contribution in [2.24, 2.45) is 0 Å². The van der Waals surface area contributed by atoms with Crippen molar-refractivity contribution < 1.29 is 4.79 Å². The number of nitrogens with one attached hydrogen (secondary N) is 1. The number of hydrogen-bond donors (Lipinski definition) is 1. The van der Waals surface area contributed by atoms with E-state index in [1.807, 2.05) is 30.3 Å². The molecule has 1 fully saturated rings. The maximum absolute atomic E-state index is 12.4. The zero-order valence-corrected chi connectivity index (χ0v) is 13.2. The first kappa shape index (κ1) is 14.3. The zero-order valence-electron chi connectivity index (χ0n) is 12.4. The van der Waals surface area contributed by atoms with Crippen LogP contribution in [-0.2, 0) is 5.54 Å². The van der Waals surface area contributed by atoms with Crippen LogP contribution in [0, 0.1) is 0 Å². The minimum Gasteiger partial charge on any atom is -0.340 e. The summed E-state index contributed by atoms with van der Waals surface area (Å²) in [5.41, 5.74) is 1.49. The van der Waals surface area contributed by atoms with Crippen molar-refractivity contribution in [3.05, 3.63) is 52.0 Å². The normalized spacial score (nSPS) is 17.2. The molecule has 1 aromatic heterocycles. The molecule has 1 aromatic carbocycles. The first-order valence-corrected chi connectivity index (χ1v) is 8.34. The number of hydrogen-bond acceptors (Lipinski definition) is 3. The summed E-state index contributed by atoms with van der Waals surface area (Å²) >= 11 is 1.66. The van der Waals surface area contributed by atoms with E-state index >= 15 is 0 Å². The molecule has 110 valence electrons. The van der Waals surface area contributed by atoms with Gasteiger partial charge in [-0.1, -0.05) is 25.1 Å². The lowest BCUT2D eigenvalue weighted by Gasteiger charge is -2.27. The summed E-state index contributed by atoms with van der Waals surface area (Å²) in [6, 6.07) is 9.35. The van der Waals surface area contributed by atoms with Crippen LogP contribution in [0.3, 0.4) is 0 Å². The van der Waals surface area contributed by atoms with E-state index in [0.717, 1.165) is 11.4 Å². The summed E-state index contributed by atoms with van der Waals surface area (Å²) in [7, 11) is 0. The monoisotopic (exact) mass is 300 g/mol. The molecule has 1 amide bonds. The van der Waals surface area contributed by atoms with Gasteiger partial charge in [0.15, 0.2) is 0 Å². The van der Waals surface area contributed by atoms with Gasteiger partial charge in [-0.3, -0.25) is 4.79 Å². The highest BCUT2D eigenvalue weighted by Gasteiger charge is 2.33. The summed E-state index contributed by atoms with van der Waals surface area (Å²) in [6.07, 6.45) is 3.33. The van der Waals surface area contributed by atoms with Crippen molar-refractivity contribution in [3.8, 4) is 0 Å². The number of nitrogens with zero attached hydrogens (tertiary/aromatic N) is 1. The fourth-order valence-electron chi connectivity index (χ4n) is 2.31. The largest absolute Gasteiger partial charge is 0.340 e. The van der Waals surface area contributed by atoms with Gasteiger partial charge in [0, 0.05) is 16.9 Å². The van der Waals surface area contributed by atoms with Crippen LogP contribution in [-0.4, -0.2) is 10.9 Å². The number of benzene rings is 1. The molecule has 1 aliphatic carbocycles. The molecule has 0 spiro atoms. The van der Waals surface area contributed by atoms with Crippen LogP contribution in [0.2, 0.25) is 0 Å². The van der Waals surface area contributed by atoms with Crippen molar-refractivity contribution in [1.82, 2.24) is 10.3 Å². The Hall–Kier alpha value is -1.68. The average molecular weight is 300 g/mol. The van der Waals surface area contributed by atoms with Gasteiger partial charge in [0.05, 0.1) is 11.2 Å². The molecule has 1 saturated carbocycles. The molecule has 21 heavy (non-hydrogen) atoms. The maximum atomic E-state index is 12.4. The summed E-state index contributed by atoms with van der Waals surface area (Å²) in [6.45, 7) is 4.15. The van der Waals surface area contributed by atoms with Crippen LogP contribution in [0.5, 0.6) is 0 Å². The number of carbonyl (C=O) groups excluding carboxylic acids is 1. The minimum absolute atomic E-state index is 0.0388. The number of carbonyl (C=O) groups is 1. The van der Waals surface area contributed by atoms with E-state index in [0.29, 0.717) is 11.5 Å². The van der Waals surface area contributed by atoms with Crippen LogP contribution in [0.4, 0.5) is 0 Å². The number of rotatable bonds is 5. The van der Waals surface area contributed by atoms with Gasteiger partial charge in [-0.25, -0.2) is 4.98 Å². The molecule has 1 heterocycles. The van der Waals surface area contributed by atoms with Crippen molar-refractivity contribution in [1.29, 1.82) is 0 Å². The molecular weight excluding hydrogens is 280 g/mol. The van der Waals surface area contributed by atoms with Gasteiger partial charge in [0.1, 0.15) is 5.01 Å². The zero-order chi connectivity index (χ0) is 14.9. The van der Waals surface area contributed by atoms with Crippen LogP contribution in [0.15, 0.2) is 35.7 Å². The topological polar surface area (TPSA) is 42.0 Å². The van der Waals surface area contributed by atoms with Gasteiger partial charge in [-0.2, -0.15) is 0 Å². The summed E-state index contributed by atoms with van der Waals surface area (Å²) < 4.78 is 0. The van der Waals surface area contributed by atoms with Crippen LogP contribution in [0.1, 0.15) is 60.1 Å². The Morgan fingerprint density at radius 2 is 2.10 bits per heavy atom. The van der Waals surface area contributed by atoms with Gasteiger partial charge in [-0.05, 0) is 38.3 Å². The van der Waals surface area contributed by atoms with E-state index < -0.39 is 5.54 Å². The predicted molar refractivity (Wildman–Crippen MR) is 85.6 cm³/mol. The Balaban J connectivity index is 1.80. The first-order valence-electron chi connectivity index (χ1n) is 7.46. The fourth-order valence-corrected chi connectivity index (χ4v) is 3.40. The van der Waals surface area contributed by atoms with E-state index in [-0.39, 0.29) is 5.91 Å². The molecule has 1 N–H and O–H groups in total. The highest BCUT2D eigenvalue weighted by atomic mass is 32.1. The second kappa shape index (κ2) is 5.60. The molecule has 4 heteroatoms. The van der Waals surface area contributed by atoms with Crippen molar-refractivity contribution in [2.75, 3.05) is 0 Å². The van der Waals surface area contributed by atoms with Gasteiger partial charge in [0.25, 0.3) is 5.91 Å². The quantitative estimate of drug-likeness (QED) is 0.904. The Kier molecular flexibility index (Phi) is 3.81. The summed E-state index contributed by atoms with van der Waals surface area (Å²) in [5.74, 6) is 0.615.